The zero-order valence-corrected chi connectivity index (χ0v) is 16.6. The van der Waals surface area contributed by atoms with Gasteiger partial charge in [0.1, 0.15) is 5.60 Å². The Bertz CT molecular complexity index is 1010. The lowest BCUT2D eigenvalue weighted by Crippen LogP contribution is -2.26. The number of pyridine rings is 1. The quantitative estimate of drug-likeness (QED) is 0.703. The van der Waals surface area contributed by atoms with Crippen LogP contribution in [0.4, 0.5) is 0 Å². The van der Waals surface area contributed by atoms with Gasteiger partial charge in [-0.25, -0.2) is 18.2 Å². The minimum Gasteiger partial charge on any atom is -0.448 e. The van der Waals surface area contributed by atoms with E-state index in [4.69, 9.17) is 21.1 Å². The fourth-order valence-electron chi connectivity index (χ4n) is 2.82. The van der Waals surface area contributed by atoms with Crippen molar-refractivity contribution in [1.29, 1.82) is 0 Å². The maximum Gasteiger partial charge on any atom is 0.375 e. The van der Waals surface area contributed by atoms with Crippen molar-refractivity contribution in [3.05, 3.63) is 58.9 Å². The molecule has 0 spiro atoms. The van der Waals surface area contributed by atoms with E-state index in [1.807, 2.05) is 6.92 Å². The first-order valence-corrected chi connectivity index (χ1v) is 10.5. The van der Waals surface area contributed by atoms with Crippen LogP contribution in [0.15, 0.2) is 53.2 Å². The van der Waals surface area contributed by atoms with Crippen LogP contribution in [0.3, 0.4) is 0 Å². The summed E-state index contributed by atoms with van der Waals surface area (Å²) in [6.45, 7) is 3.68. The van der Waals surface area contributed by atoms with Crippen LogP contribution in [0, 0.1) is 0 Å². The number of carbonyl (C=O) groups is 1. The molecular weight excluding hydrogens is 390 g/mol. The van der Waals surface area contributed by atoms with Crippen molar-refractivity contribution >= 4 is 33.0 Å². The Hall–Kier alpha value is -2.38. The summed E-state index contributed by atoms with van der Waals surface area (Å²) in [5, 5.41) is 0.445. The van der Waals surface area contributed by atoms with Gasteiger partial charge in [-0.15, -0.1) is 0 Å². The third-order valence-corrected chi connectivity index (χ3v) is 5.76. The van der Waals surface area contributed by atoms with Gasteiger partial charge in [-0.1, -0.05) is 30.7 Å². The topological polar surface area (TPSA) is 82.6 Å². The van der Waals surface area contributed by atoms with E-state index in [2.05, 4.69) is 4.98 Å². The van der Waals surface area contributed by atoms with E-state index in [0.29, 0.717) is 22.6 Å². The zero-order valence-electron chi connectivity index (χ0n) is 15.0. The lowest BCUT2D eigenvalue weighted by molar-refractivity contribution is -0.147. The van der Waals surface area contributed by atoms with Crippen LogP contribution >= 0.6 is 11.6 Å². The summed E-state index contributed by atoms with van der Waals surface area (Å²) in [6, 6.07) is 9.42. The molecule has 1 aliphatic rings. The molecule has 0 N–H and O–H groups in total. The molecule has 0 bridgehead atoms. The summed E-state index contributed by atoms with van der Waals surface area (Å²) < 4.78 is 34.7. The van der Waals surface area contributed by atoms with Crippen molar-refractivity contribution in [2.45, 2.75) is 30.8 Å². The molecule has 2 heterocycles. The van der Waals surface area contributed by atoms with Crippen LogP contribution in [0.2, 0.25) is 5.02 Å². The molecule has 142 valence electrons. The van der Waals surface area contributed by atoms with Crippen LogP contribution in [-0.2, 0) is 19.4 Å². The number of rotatable bonds is 5. The largest absolute Gasteiger partial charge is 0.448 e. The van der Waals surface area contributed by atoms with Crippen LogP contribution in [-0.4, -0.2) is 31.2 Å². The van der Waals surface area contributed by atoms with E-state index < -0.39 is 21.4 Å². The molecule has 0 unspecified atom stereocenters. The van der Waals surface area contributed by atoms with Gasteiger partial charge in [0.25, 0.3) is 0 Å². The second kappa shape index (κ2) is 6.98. The van der Waals surface area contributed by atoms with Crippen LogP contribution < -0.4 is 4.74 Å². The number of cyclic esters (lactones) is 1. The van der Waals surface area contributed by atoms with Crippen molar-refractivity contribution in [3.8, 4) is 5.88 Å². The highest BCUT2D eigenvalue weighted by Crippen LogP contribution is 2.42. The minimum atomic E-state index is -3.32. The number of sulfone groups is 1. The molecule has 3 rings (SSSR count). The Morgan fingerprint density at radius 1 is 1.19 bits per heavy atom. The standard InChI is InChI=1S/C19H18ClNO5S/c1-4-19(2)16(12-5-8-14(9-6-12)27(3,23)24)17(18(22)26-19)25-15-10-7-13(20)11-21-15/h5-11H,4H2,1-3H3/t19-/m1/s1. The van der Waals surface area contributed by atoms with E-state index in [9.17, 15) is 13.2 Å². The predicted molar refractivity (Wildman–Crippen MR) is 101 cm³/mol. The van der Waals surface area contributed by atoms with Gasteiger partial charge >= 0.3 is 5.97 Å². The number of halogens is 1. The summed E-state index contributed by atoms with van der Waals surface area (Å²) in [5.74, 6) is -0.364. The first-order chi connectivity index (χ1) is 12.6. The number of hydrogen-bond acceptors (Lipinski definition) is 6. The molecule has 8 heteroatoms. The lowest BCUT2D eigenvalue weighted by atomic mass is 9.88. The number of ether oxygens (including phenoxy) is 2. The second-order valence-electron chi connectivity index (χ2n) is 6.39. The van der Waals surface area contributed by atoms with Gasteiger partial charge in [0.15, 0.2) is 9.84 Å². The fourth-order valence-corrected chi connectivity index (χ4v) is 3.56. The predicted octanol–water partition coefficient (Wildman–Crippen LogP) is 3.65. The molecule has 1 atom stereocenters. The number of esters is 1. The van der Waals surface area contributed by atoms with Crippen LogP contribution in [0.1, 0.15) is 25.8 Å². The highest BCUT2D eigenvalue weighted by Gasteiger charge is 2.45. The van der Waals surface area contributed by atoms with Gasteiger partial charge in [0.2, 0.25) is 11.6 Å². The van der Waals surface area contributed by atoms with Crippen LogP contribution in [0.5, 0.6) is 5.88 Å². The molecule has 0 fully saturated rings. The van der Waals surface area contributed by atoms with Gasteiger partial charge in [0, 0.05) is 18.5 Å². The Morgan fingerprint density at radius 2 is 1.85 bits per heavy atom. The van der Waals surface area contributed by atoms with Gasteiger partial charge < -0.3 is 9.47 Å². The maximum absolute atomic E-state index is 12.5. The van der Waals surface area contributed by atoms with Crippen LogP contribution in [0.25, 0.3) is 5.57 Å². The molecule has 27 heavy (non-hydrogen) atoms. The summed E-state index contributed by atoms with van der Waals surface area (Å²) in [5.41, 5.74) is 0.291. The Balaban J connectivity index is 2.10. The Kier molecular flexibility index (Phi) is 5.01. The average Bonchev–Trinajstić information content (AvgIpc) is 2.87. The van der Waals surface area contributed by atoms with Gasteiger partial charge in [-0.05, 0) is 37.1 Å². The molecule has 0 saturated carbocycles. The van der Waals surface area contributed by atoms with Crippen molar-refractivity contribution in [1.82, 2.24) is 4.98 Å². The Morgan fingerprint density at radius 3 is 2.37 bits per heavy atom. The number of hydrogen-bond donors (Lipinski definition) is 0. The highest BCUT2D eigenvalue weighted by atomic mass is 35.5. The summed E-state index contributed by atoms with van der Waals surface area (Å²) >= 11 is 5.83. The third-order valence-electron chi connectivity index (χ3n) is 4.41. The smallest absolute Gasteiger partial charge is 0.375 e. The van der Waals surface area contributed by atoms with Crippen molar-refractivity contribution < 1.29 is 22.7 Å². The molecule has 1 aromatic carbocycles. The highest BCUT2D eigenvalue weighted by molar-refractivity contribution is 7.90. The summed E-state index contributed by atoms with van der Waals surface area (Å²) in [6.07, 6.45) is 3.07. The van der Waals surface area contributed by atoms with Crippen molar-refractivity contribution in [2.24, 2.45) is 0 Å². The zero-order chi connectivity index (χ0) is 19.8. The molecule has 6 nitrogen and oxygen atoms in total. The molecule has 2 aromatic rings. The lowest BCUT2D eigenvalue weighted by Gasteiger charge is -2.24. The number of carbonyl (C=O) groups excluding carboxylic acids is 1. The summed E-state index contributed by atoms with van der Waals surface area (Å²) in [7, 11) is -3.32. The minimum absolute atomic E-state index is 0.0290. The third kappa shape index (κ3) is 3.84. The van der Waals surface area contributed by atoms with Gasteiger partial charge in [-0.3, -0.25) is 0 Å². The van der Waals surface area contributed by atoms with E-state index >= 15 is 0 Å². The SMILES string of the molecule is CC[C@@]1(C)OC(=O)C(Oc2ccc(Cl)cn2)=C1c1ccc(S(C)(=O)=O)cc1. The second-order valence-corrected chi connectivity index (χ2v) is 8.84. The fraction of sp³-hybridized carbons (Fsp3) is 0.263. The normalized spacial score (nSPS) is 19.9. The molecule has 1 aliphatic heterocycles. The molecule has 0 amide bonds. The maximum atomic E-state index is 12.5. The van der Waals surface area contributed by atoms with Crippen molar-refractivity contribution in [2.75, 3.05) is 6.26 Å². The number of aromatic nitrogens is 1. The molecular formula is C19H18ClNO5S. The Labute approximate surface area is 162 Å². The van der Waals surface area contributed by atoms with E-state index in [0.717, 1.165) is 6.26 Å². The monoisotopic (exact) mass is 407 g/mol. The van der Waals surface area contributed by atoms with E-state index in [-0.39, 0.29) is 16.5 Å². The first-order valence-electron chi connectivity index (χ1n) is 8.22. The number of benzene rings is 1. The van der Waals surface area contributed by atoms with E-state index in [1.54, 1.807) is 31.2 Å². The molecule has 0 aliphatic carbocycles. The van der Waals surface area contributed by atoms with Gasteiger partial charge in [0.05, 0.1) is 15.5 Å². The van der Waals surface area contributed by atoms with Crippen molar-refractivity contribution in [3.63, 3.8) is 0 Å². The van der Waals surface area contributed by atoms with Gasteiger partial charge in [-0.2, -0.15) is 0 Å². The number of nitrogens with zero attached hydrogens (tertiary/aromatic N) is 1. The molecule has 0 radical (unpaired) electrons. The molecule has 0 saturated heterocycles. The van der Waals surface area contributed by atoms with E-state index in [1.165, 1.54) is 18.3 Å². The summed E-state index contributed by atoms with van der Waals surface area (Å²) in [4.78, 5) is 16.7. The first kappa shape index (κ1) is 19.4. The average molecular weight is 408 g/mol. The molecule has 1 aromatic heterocycles.